The van der Waals surface area contributed by atoms with Gasteiger partial charge in [-0.05, 0) is 49.4 Å². The Morgan fingerprint density at radius 2 is 2.00 bits per heavy atom. The lowest BCUT2D eigenvalue weighted by atomic mass is 9.97. The molecule has 3 heterocycles. The van der Waals surface area contributed by atoms with Gasteiger partial charge in [0.15, 0.2) is 0 Å². The van der Waals surface area contributed by atoms with E-state index in [2.05, 4.69) is 9.88 Å². The summed E-state index contributed by atoms with van der Waals surface area (Å²) in [6, 6.07) is 4.78. The van der Waals surface area contributed by atoms with Crippen LogP contribution in [0.2, 0.25) is 0 Å². The van der Waals surface area contributed by atoms with Crippen LogP contribution in [0.15, 0.2) is 24.5 Å². The number of rotatable bonds is 4. The lowest BCUT2D eigenvalue weighted by molar-refractivity contribution is -0.914. The molecule has 7 heteroatoms. The van der Waals surface area contributed by atoms with Gasteiger partial charge in [-0.15, -0.1) is 11.3 Å². The molecule has 29 heavy (non-hydrogen) atoms. The van der Waals surface area contributed by atoms with Gasteiger partial charge in [0.1, 0.15) is 35.1 Å². The second-order valence-corrected chi connectivity index (χ2v) is 9.04. The standard InChI is InChI=1S/C22H25FN4OS/c1-28-18-7-6-16(23)12-15(18)13-26-8-10-27(11-9-26)21-20-17-4-2-3-5-19(17)29-22(20)25-14-24-21/h6-7,12,14H,2-5,8-11,13H2,1H3/p+1. The van der Waals surface area contributed by atoms with Crippen molar-refractivity contribution in [2.75, 3.05) is 38.2 Å². The highest BCUT2D eigenvalue weighted by Crippen LogP contribution is 2.39. The summed E-state index contributed by atoms with van der Waals surface area (Å²) in [5.74, 6) is 1.67. The third-order valence-electron chi connectivity index (χ3n) is 6.18. The quantitative estimate of drug-likeness (QED) is 0.714. The summed E-state index contributed by atoms with van der Waals surface area (Å²) in [6.07, 6.45) is 6.61. The van der Waals surface area contributed by atoms with Gasteiger partial charge >= 0.3 is 0 Å². The van der Waals surface area contributed by atoms with E-state index in [0.29, 0.717) is 0 Å². The summed E-state index contributed by atoms with van der Waals surface area (Å²) in [4.78, 5) is 15.8. The largest absolute Gasteiger partial charge is 0.496 e. The Kier molecular flexibility index (Phi) is 5.09. The molecule has 0 spiro atoms. The minimum atomic E-state index is -0.204. The minimum Gasteiger partial charge on any atom is -0.496 e. The van der Waals surface area contributed by atoms with Crippen LogP contribution < -0.4 is 14.5 Å². The molecule has 0 bridgehead atoms. The predicted octanol–water partition coefficient (Wildman–Crippen LogP) is 2.62. The van der Waals surface area contributed by atoms with E-state index < -0.39 is 0 Å². The van der Waals surface area contributed by atoms with Crippen LogP contribution in [0.25, 0.3) is 10.2 Å². The molecule has 0 atom stereocenters. The smallest absolute Gasteiger partial charge is 0.141 e. The SMILES string of the molecule is COc1ccc(F)cc1C[NH+]1CCN(c2ncnc3sc4c(c23)CCCC4)CC1. The molecule has 1 aliphatic heterocycles. The molecule has 5 rings (SSSR count). The second-order valence-electron chi connectivity index (χ2n) is 7.96. The first kappa shape index (κ1) is 18.8. The highest BCUT2D eigenvalue weighted by molar-refractivity contribution is 7.19. The molecule has 1 aliphatic carbocycles. The number of fused-ring (bicyclic) bond motifs is 3. The number of nitrogens with zero attached hydrogens (tertiary/aromatic N) is 3. The van der Waals surface area contributed by atoms with Gasteiger partial charge in [0.05, 0.1) is 44.2 Å². The summed E-state index contributed by atoms with van der Waals surface area (Å²) in [5.41, 5.74) is 2.43. The zero-order valence-corrected chi connectivity index (χ0v) is 17.5. The molecule has 2 aliphatic rings. The molecular formula is C22H26FN4OS+. The van der Waals surface area contributed by atoms with Crippen molar-refractivity contribution in [3.63, 3.8) is 0 Å². The van der Waals surface area contributed by atoms with Crippen LogP contribution in [0, 0.1) is 5.82 Å². The Hall–Kier alpha value is -2.25. The van der Waals surface area contributed by atoms with Crippen LogP contribution in [0.3, 0.4) is 0 Å². The fraction of sp³-hybridized carbons (Fsp3) is 0.455. The summed E-state index contributed by atoms with van der Waals surface area (Å²) in [5, 5.41) is 1.29. The molecule has 1 N–H and O–H groups in total. The molecular weight excluding hydrogens is 387 g/mol. The van der Waals surface area contributed by atoms with Crippen LogP contribution in [0.1, 0.15) is 28.8 Å². The number of halogens is 1. The van der Waals surface area contributed by atoms with Gasteiger partial charge in [-0.2, -0.15) is 0 Å². The van der Waals surface area contributed by atoms with Gasteiger partial charge < -0.3 is 14.5 Å². The fourth-order valence-electron chi connectivity index (χ4n) is 4.68. The van der Waals surface area contributed by atoms with Crippen molar-refractivity contribution in [1.29, 1.82) is 0 Å². The Morgan fingerprint density at radius 1 is 1.17 bits per heavy atom. The van der Waals surface area contributed by atoms with Crippen LogP contribution in [0.5, 0.6) is 5.75 Å². The first-order valence-corrected chi connectivity index (χ1v) is 11.2. The summed E-state index contributed by atoms with van der Waals surface area (Å²) >= 11 is 1.85. The van der Waals surface area contributed by atoms with E-state index in [9.17, 15) is 4.39 Å². The molecule has 5 nitrogen and oxygen atoms in total. The number of methoxy groups -OCH3 is 1. The third-order valence-corrected chi connectivity index (χ3v) is 7.38. The van der Waals surface area contributed by atoms with Gasteiger partial charge in [0.25, 0.3) is 0 Å². The molecule has 3 aromatic rings. The van der Waals surface area contributed by atoms with E-state index >= 15 is 0 Å². The normalized spacial score (nSPS) is 17.5. The Labute approximate surface area is 174 Å². The van der Waals surface area contributed by atoms with E-state index in [4.69, 9.17) is 9.72 Å². The van der Waals surface area contributed by atoms with Gasteiger partial charge in [0, 0.05) is 4.88 Å². The number of aryl methyl sites for hydroxylation is 2. The lowest BCUT2D eigenvalue weighted by Gasteiger charge is -2.33. The van der Waals surface area contributed by atoms with Crippen molar-refractivity contribution in [1.82, 2.24) is 9.97 Å². The molecule has 0 unspecified atom stereocenters. The lowest BCUT2D eigenvalue weighted by Crippen LogP contribution is -3.13. The minimum absolute atomic E-state index is 0.204. The van der Waals surface area contributed by atoms with Crippen LogP contribution in [0.4, 0.5) is 10.2 Å². The number of hydrogen-bond donors (Lipinski definition) is 1. The van der Waals surface area contributed by atoms with E-state index in [-0.39, 0.29) is 5.82 Å². The van der Waals surface area contributed by atoms with Gasteiger partial charge in [-0.25, -0.2) is 14.4 Å². The molecule has 2 aromatic heterocycles. The number of thiophene rings is 1. The van der Waals surface area contributed by atoms with Gasteiger partial charge in [0.2, 0.25) is 0 Å². The number of nitrogens with one attached hydrogen (secondary N) is 1. The fourth-order valence-corrected chi connectivity index (χ4v) is 5.90. The summed E-state index contributed by atoms with van der Waals surface area (Å²) in [7, 11) is 1.64. The number of piperazine rings is 1. The van der Waals surface area contributed by atoms with Gasteiger partial charge in [-0.3, -0.25) is 0 Å². The molecule has 0 amide bonds. The number of ether oxygens (including phenoxy) is 1. The van der Waals surface area contributed by atoms with Crippen molar-refractivity contribution < 1.29 is 14.0 Å². The van der Waals surface area contributed by atoms with Crippen LogP contribution in [-0.4, -0.2) is 43.3 Å². The predicted molar refractivity (Wildman–Crippen MR) is 114 cm³/mol. The number of aromatic nitrogens is 2. The summed E-state index contributed by atoms with van der Waals surface area (Å²) in [6.45, 7) is 4.67. The maximum atomic E-state index is 13.7. The van der Waals surface area contributed by atoms with E-state index in [1.807, 2.05) is 11.3 Å². The number of anilines is 1. The van der Waals surface area contributed by atoms with E-state index in [1.54, 1.807) is 25.6 Å². The second kappa shape index (κ2) is 7.88. The van der Waals surface area contributed by atoms with Crippen molar-refractivity contribution in [3.8, 4) is 5.75 Å². The molecule has 1 saturated heterocycles. The topological polar surface area (TPSA) is 42.7 Å². The maximum Gasteiger partial charge on any atom is 0.141 e. The van der Waals surface area contributed by atoms with Crippen molar-refractivity contribution >= 4 is 27.4 Å². The molecule has 1 fully saturated rings. The highest BCUT2D eigenvalue weighted by Gasteiger charge is 2.27. The summed E-state index contributed by atoms with van der Waals surface area (Å²) < 4.78 is 19.1. The molecule has 152 valence electrons. The average molecular weight is 414 g/mol. The number of benzene rings is 1. The zero-order valence-electron chi connectivity index (χ0n) is 16.7. The molecule has 0 saturated carbocycles. The third kappa shape index (κ3) is 3.57. The van der Waals surface area contributed by atoms with Crippen molar-refractivity contribution in [2.24, 2.45) is 0 Å². The number of hydrogen-bond acceptors (Lipinski definition) is 5. The van der Waals surface area contributed by atoms with Gasteiger partial charge in [-0.1, -0.05) is 0 Å². The zero-order chi connectivity index (χ0) is 19.8. The van der Waals surface area contributed by atoms with Crippen LogP contribution in [-0.2, 0) is 19.4 Å². The van der Waals surface area contributed by atoms with E-state index in [1.165, 1.54) is 46.1 Å². The molecule has 0 radical (unpaired) electrons. The first-order chi connectivity index (χ1) is 14.2. The first-order valence-electron chi connectivity index (χ1n) is 10.4. The van der Waals surface area contributed by atoms with Crippen LogP contribution >= 0.6 is 11.3 Å². The Bertz CT molecular complexity index is 1030. The van der Waals surface area contributed by atoms with Crippen molar-refractivity contribution in [3.05, 3.63) is 46.3 Å². The number of quaternary nitrogens is 1. The maximum absolute atomic E-state index is 13.7. The Morgan fingerprint density at radius 3 is 2.83 bits per heavy atom. The average Bonchev–Trinajstić information content (AvgIpc) is 3.13. The monoisotopic (exact) mass is 413 g/mol. The Balaban J connectivity index is 1.34. The van der Waals surface area contributed by atoms with Crippen molar-refractivity contribution in [2.45, 2.75) is 32.2 Å². The highest BCUT2D eigenvalue weighted by atomic mass is 32.1. The van der Waals surface area contributed by atoms with E-state index in [0.717, 1.165) is 61.1 Å². The molecule has 1 aromatic carbocycles.